The number of nitrogens with one attached hydrogen (secondary N) is 3. The van der Waals surface area contributed by atoms with Crippen LogP contribution in [0.15, 0.2) is 42.5 Å². The molecule has 162 valence electrons. The molecule has 2 aromatic rings. The van der Waals surface area contributed by atoms with Crippen LogP contribution < -0.4 is 16.0 Å². The second kappa shape index (κ2) is 10.3. The minimum Gasteiger partial charge on any atom is -0.349 e. The largest absolute Gasteiger partial charge is 0.349 e. The van der Waals surface area contributed by atoms with Crippen LogP contribution in [0.5, 0.6) is 0 Å². The minimum atomic E-state index is -0.714. The third-order valence-electron chi connectivity index (χ3n) is 4.98. The molecule has 31 heavy (non-hydrogen) atoms. The van der Waals surface area contributed by atoms with Crippen molar-refractivity contribution in [2.45, 2.75) is 38.1 Å². The zero-order valence-electron chi connectivity index (χ0n) is 16.5. The van der Waals surface area contributed by atoms with E-state index in [1.807, 2.05) is 0 Å². The molecule has 1 fully saturated rings. The van der Waals surface area contributed by atoms with E-state index < -0.39 is 10.8 Å². The first-order valence-electron chi connectivity index (χ1n) is 9.81. The maximum absolute atomic E-state index is 12.6. The maximum atomic E-state index is 12.6. The number of hydrogen-bond acceptors (Lipinski definition) is 5. The van der Waals surface area contributed by atoms with Crippen molar-refractivity contribution in [1.82, 2.24) is 10.6 Å². The summed E-state index contributed by atoms with van der Waals surface area (Å²) in [6, 6.07) is 10.4. The number of para-hydroxylation sites is 1. The van der Waals surface area contributed by atoms with E-state index in [-0.39, 0.29) is 28.3 Å². The van der Waals surface area contributed by atoms with Crippen LogP contribution in [-0.4, -0.2) is 27.9 Å². The number of hydrogen-bond donors (Lipinski definition) is 3. The molecule has 3 rings (SSSR count). The molecule has 0 radical (unpaired) electrons. The molecular formula is C21H21ClN4O4S. The fourth-order valence-corrected chi connectivity index (χ4v) is 3.86. The molecule has 0 unspecified atom stereocenters. The van der Waals surface area contributed by atoms with Crippen LogP contribution in [0.2, 0.25) is 5.02 Å². The summed E-state index contributed by atoms with van der Waals surface area (Å²) in [4.78, 5) is 35.5. The van der Waals surface area contributed by atoms with Gasteiger partial charge in [0.2, 0.25) is 0 Å². The average Bonchev–Trinajstić information content (AvgIpc) is 2.75. The first-order valence-corrected chi connectivity index (χ1v) is 10.6. The highest BCUT2D eigenvalue weighted by molar-refractivity contribution is 7.80. The summed E-state index contributed by atoms with van der Waals surface area (Å²) in [6.45, 7) is 0. The molecule has 0 aromatic heterocycles. The Hall–Kier alpha value is -3.04. The minimum absolute atomic E-state index is 0.0656. The van der Waals surface area contributed by atoms with Gasteiger partial charge in [-0.2, -0.15) is 0 Å². The Bertz CT molecular complexity index is 1020. The lowest BCUT2D eigenvalue weighted by Crippen LogP contribution is -2.36. The normalized spacial score (nSPS) is 13.8. The Morgan fingerprint density at radius 2 is 1.74 bits per heavy atom. The van der Waals surface area contributed by atoms with Crippen molar-refractivity contribution in [2.75, 3.05) is 5.32 Å². The number of carbonyl (C=O) groups is 2. The summed E-state index contributed by atoms with van der Waals surface area (Å²) in [6.07, 6.45) is 5.26. The fraction of sp³-hybridized carbons (Fsp3) is 0.286. The summed E-state index contributed by atoms with van der Waals surface area (Å²) < 4.78 is 0. The molecule has 1 aliphatic rings. The SMILES string of the molecule is O=C(NC1CCCCC1)c1cc(NC(=S)NC(=O)c2ccccc2[N+](=O)[O-])ccc1Cl. The number of rotatable bonds is 5. The number of halogens is 1. The fourth-order valence-electron chi connectivity index (χ4n) is 3.44. The number of nitro groups is 1. The van der Waals surface area contributed by atoms with Gasteiger partial charge in [-0.25, -0.2) is 0 Å². The van der Waals surface area contributed by atoms with Gasteiger partial charge >= 0.3 is 0 Å². The van der Waals surface area contributed by atoms with E-state index in [2.05, 4.69) is 16.0 Å². The molecule has 0 saturated heterocycles. The number of anilines is 1. The van der Waals surface area contributed by atoms with Crippen molar-refractivity contribution in [2.24, 2.45) is 0 Å². The molecule has 3 N–H and O–H groups in total. The van der Waals surface area contributed by atoms with Gasteiger partial charge in [0.1, 0.15) is 5.56 Å². The monoisotopic (exact) mass is 460 g/mol. The van der Waals surface area contributed by atoms with Gasteiger partial charge in [0.05, 0.1) is 15.5 Å². The number of thiocarbonyl (C=S) groups is 1. The Labute approximate surface area is 189 Å². The predicted octanol–water partition coefficient (Wildman–Crippen LogP) is 4.44. The lowest BCUT2D eigenvalue weighted by molar-refractivity contribution is -0.385. The van der Waals surface area contributed by atoms with E-state index in [0.29, 0.717) is 16.3 Å². The highest BCUT2D eigenvalue weighted by Crippen LogP contribution is 2.23. The van der Waals surface area contributed by atoms with Crippen molar-refractivity contribution in [1.29, 1.82) is 0 Å². The van der Waals surface area contributed by atoms with Crippen molar-refractivity contribution >= 4 is 52.1 Å². The summed E-state index contributed by atoms with van der Waals surface area (Å²) in [5, 5.41) is 19.6. The lowest BCUT2D eigenvalue weighted by Gasteiger charge is -2.23. The van der Waals surface area contributed by atoms with E-state index in [1.165, 1.54) is 30.7 Å². The van der Waals surface area contributed by atoms with Gasteiger partial charge in [-0.1, -0.05) is 43.0 Å². The number of carbonyl (C=O) groups excluding carboxylic acids is 2. The molecule has 0 aliphatic heterocycles. The molecule has 10 heteroatoms. The quantitative estimate of drug-likeness (QED) is 0.345. The third-order valence-corrected chi connectivity index (χ3v) is 5.52. The van der Waals surface area contributed by atoms with Crippen molar-refractivity contribution in [3.63, 3.8) is 0 Å². The average molecular weight is 461 g/mol. The molecular weight excluding hydrogens is 440 g/mol. The van der Waals surface area contributed by atoms with E-state index in [0.717, 1.165) is 25.7 Å². The van der Waals surface area contributed by atoms with Crippen molar-refractivity contribution < 1.29 is 14.5 Å². The highest BCUT2D eigenvalue weighted by Gasteiger charge is 2.21. The lowest BCUT2D eigenvalue weighted by atomic mass is 9.95. The summed E-state index contributed by atoms with van der Waals surface area (Å²) in [5.74, 6) is -0.982. The molecule has 8 nitrogen and oxygen atoms in total. The smallest absolute Gasteiger partial charge is 0.282 e. The Balaban J connectivity index is 1.66. The number of benzene rings is 2. The zero-order valence-corrected chi connectivity index (χ0v) is 18.1. The standard InChI is InChI=1S/C21H21ClN4O4S/c22-17-11-10-14(12-16(17)20(28)23-13-6-2-1-3-7-13)24-21(31)25-19(27)15-8-4-5-9-18(15)26(29)30/h4-5,8-13H,1-3,6-7H2,(H,23,28)(H2,24,25,27,31). The topological polar surface area (TPSA) is 113 Å². The second-order valence-corrected chi connectivity index (χ2v) is 8.00. The van der Waals surface area contributed by atoms with Crippen molar-refractivity contribution in [3.8, 4) is 0 Å². The van der Waals surface area contributed by atoms with Gasteiger partial charge in [0.25, 0.3) is 17.5 Å². The predicted molar refractivity (Wildman–Crippen MR) is 123 cm³/mol. The van der Waals surface area contributed by atoms with Gasteiger partial charge in [-0.3, -0.25) is 25.0 Å². The van der Waals surface area contributed by atoms with E-state index in [9.17, 15) is 19.7 Å². The zero-order chi connectivity index (χ0) is 22.4. The van der Waals surface area contributed by atoms with E-state index >= 15 is 0 Å². The second-order valence-electron chi connectivity index (χ2n) is 7.19. The summed E-state index contributed by atoms with van der Waals surface area (Å²) in [7, 11) is 0. The number of nitro benzene ring substituents is 1. The number of nitrogens with zero attached hydrogens (tertiary/aromatic N) is 1. The van der Waals surface area contributed by atoms with Crippen LogP contribution >= 0.6 is 23.8 Å². The molecule has 2 aromatic carbocycles. The molecule has 1 aliphatic carbocycles. The molecule has 0 bridgehead atoms. The number of amides is 2. The van der Waals surface area contributed by atoms with Gasteiger partial charge in [-0.05, 0) is 49.3 Å². The van der Waals surface area contributed by atoms with Gasteiger partial charge in [0, 0.05) is 17.8 Å². The van der Waals surface area contributed by atoms with Gasteiger partial charge in [0.15, 0.2) is 5.11 Å². The molecule has 1 saturated carbocycles. The van der Waals surface area contributed by atoms with Crippen LogP contribution in [0, 0.1) is 10.1 Å². The first kappa shape index (κ1) is 22.6. The summed E-state index contributed by atoms with van der Waals surface area (Å²) in [5.41, 5.74) is 0.312. The van der Waals surface area contributed by atoms with Crippen LogP contribution in [0.25, 0.3) is 0 Å². The summed E-state index contributed by atoms with van der Waals surface area (Å²) >= 11 is 11.3. The van der Waals surface area contributed by atoms with Crippen LogP contribution in [-0.2, 0) is 0 Å². The van der Waals surface area contributed by atoms with Crippen molar-refractivity contribution in [3.05, 3.63) is 68.7 Å². The third kappa shape index (κ3) is 5.99. The van der Waals surface area contributed by atoms with Crippen LogP contribution in [0.4, 0.5) is 11.4 Å². The van der Waals surface area contributed by atoms with Crippen LogP contribution in [0.3, 0.4) is 0 Å². The van der Waals surface area contributed by atoms with E-state index in [1.54, 1.807) is 18.2 Å². The van der Waals surface area contributed by atoms with Crippen LogP contribution in [0.1, 0.15) is 52.8 Å². The molecule has 0 spiro atoms. The maximum Gasteiger partial charge on any atom is 0.282 e. The highest BCUT2D eigenvalue weighted by atomic mass is 35.5. The molecule has 0 atom stereocenters. The molecule has 0 heterocycles. The Morgan fingerprint density at radius 3 is 2.45 bits per heavy atom. The van der Waals surface area contributed by atoms with Gasteiger partial charge < -0.3 is 10.6 Å². The Morgan fingerprint density at radius 1 is 1.03 bits per heavy atom. The first-order chi connectivity index (χ1) is 14.8. The van der Waals surface area contributed by atoms with E-state index in [4.69, 9.17) is 23.8 Å². The Kier molecular flexibility index (Phi) is 7.54. The molecule has 2 amide bonds. The van der Waals surface area contributed by atoms with Gasteiger partial charge in [-0.15, -0.1) is 0 Å².